The molecule has 0 aliphatic heterocycles. The van der Waals surface area contributed by atoms with E-state index in [4.69, 9.17) is 18.9 Å². The fourth-order valence-corrected chi connectivity index (χ4v) is 6.92. The van der Waals surface area contributed by atoms with Crippen LogP contribution < -0.4 is 0 Å². The highest BCUT2D eigenvalue weighted by Crippen LogP contribution is 2.14. The first-order chi connectivity index (χ1) is 29.6. The zero-order valence-corrected chi connectivity index (χ0v) is 40.3. The number of ether oxygens (including phenoxy) is 4. The van der Waals surface area contributed by atoms with E-state index in [1.165, 1.54) is 135 Å². The van der Waals surface area contributed by atoms with Crippen molar-refractivity contribution in [1.29, 1.82) is 0 Å². The van der Waals surface area contributed by atoms with E-state index in [0.717, 1.165) is 51.4 Å². The fraction of sp³-hybridized carbons (Fsp3) is 0.827. The predicted molar refractivity (Wildman–Crippen MR) is 254 cm³/mol. The van der Waals surface area contributed by atoms with Gasteiger partial charge in [0.2, 0.25) is 0 Å². The SMILES string of the molecule is CCCCCC/C=C\C/C=C\CCCCCCCCCC(=O)OC(COC(=O)CCCCCCCCC/C=C\CCCCCCCCC)COC(OCC[N+](C)(C)C)C(=O)O. The van der Waals surface area contributed by atoms with Crippen molar-refractivity contribution in [3.8, 4) is 0 Å². The van der Waals surface area contributed by atoms with Crippen LogP contribution in [0.15, 0.2) is 36.5 Å². The van der Waals surface area contributed by atoms with Crippen LogP contribution in [0, 0.1) is 0 Å². The molecule has 0 amide bonds. The Balaban J connectivity index is 4.38. The van der Waals surface area contributed by atoms with Gasteiger partial charge >= 0.3 is 17.9 Å². The van der Waals surface area contributed by atoms with E-state index in [-0.39, 0.29) is 32.2 Å². The number of quaternary nitrogens is 1. The van der Waals surface area contributed by atoms with Crippen molar-refractivity contribution in [2.75, 3.05) is 47.5 Å². The minimum atomic E-state index is -1.51. The molecule has 0 rings (SSSR count). The van der Waals surface area contributed by atoms with E-state index in [1.54, 1.807) is 0 Å². The molecule has 0 aliphatic rings. The molecule has 0 aromatic heterocycles. The quantitative estimate of drug-likeness (QED) is 0.0212. The summed E-state index contributed by atoms with van der Waals surface area (Å²) >= 11 is 0. The number of unbranched alkanes of at least 4 members (excludes halogenated alkanes) is 25. The molecule has 0 spiro atoms. The molecule has 0 saturated carbocycles. The highest BCUT2D eigenvalue weighted by Gasteiger charge is 2.25. The Kier molecular flexibility index (Phi) is 42.3. The normalized spacial score (nSPS) is 13.1. The Morgan fingerprint density at radius 1 is 0.492 bits per heavy atom. The first-order valence-electron chi connectivity index (χ1n) is 25.2. The van der Waals surface area contributed by atoms with E-state index in [2.05, 4.69) is 50.3 Å². The highest BCUT2D eigenvalue weighted by atomic mass is 16.7. The topological polar surface area (TPSA) is 108 Å². The minimum Gasteiger partial charge on any atom is -0.477 e. The lowest BCUT2D eigenvalue weighted by Crippen LogP contribution is -2.40. The van der Waals surface area contributed by atoms with E-state index >= 15 is 0 Å². The van der Waals surface area contributed by atoms with E-state index in [9.17, 15) is 19.5 Å². The Morgan fingerprint density at radius 3 is 1.33 bits per heavy atom. The second kappa shape index (κ2) is 44.1. The van der Waals surface area contributed by atoms with Crippen LogP contribution >= 0.6 is 0 Å². The van der Waals surface area contributed by atoms with Crippen molar-refractivity contribution < 1.29 is 42.9 Å². The third-order valence-corrected chi connectivity index (χ3v) is 10.9. The van der Waals surface area contributed by atoms with Crippen molar-refractivity contribution in [3.05, 3.63) is 36.5 Å². The van der Waals surface area contributed by atoms with Crippen LogP contribution in [0.1, 0.15) is 219 Å². The van der Waals surface area contributed by atoms with Gasteiger partial charge in [-0.25, -0.2) is 4.79 Å². The van der Waals surface area contributed by atoms with Crippen LogP contribution in [0.5, 0.6) is 0 Å². The number of allylic oxidation sites excluding steroid dienone is 6. The second-order valence-corrected chi connectivity index (χ2v) is 18.1. The van der Waals surface area contributed by atoms with Crippen LogP contribution in [0.3, 0.4) is 0 Å². The summed E-state index contributed by atoms with van der Waals surface area (Å²) in [6.45, 7) is 4.85. The molecule has 0 bridgehead atoms. The summed E-state index contributed by atoms with van der Waals surface area (Å²) in [5.74, 6) is -2.02. The Bertz CT molecular complexity index is 1100. The molecule has 2 unspecified atom stereocenters. The zero-order valence-electron chi connectivity index (χ0n) is 40.3. The summed E-state index contributed by atoms with van der Waals surface area (Å²) in [5.41, 5.74) is 0. The first kappa shape index (κ1) is 58.5. The third kappa shape index (κ3) is 45.4. The Morgan fingerprint density at radius 2 is 0.885 bits per heavy atom. The van der Waals surface area contributed by atoms with E-state index < -0.39 is 24.3 Å². The lowest BCUT2D eigenvalue weighted by Gasteiger charge is -2.25. The van der Waals surface area contributed by atoms with Crippen molar-refractivity contribution >= 4 is 17.9 Å². The number of carboxylic acids is 1. The molecule has 61 heavy (non-hydrogen) atoms. The molecule has 0 heterocycles. The molecular formula is C52H96NO8+. The Hall–Kier alpha value is -2.49. The van der Waals surface area contributed by atoms with E-state index in [1.807, 2.05) is 21.1 Å². The summed E-state index contributed by atoms with van der Waals surface area (Å²) in [5, 5.41) is 9.66. The van der Waals surface area contributed by atoms with Crippen molar-refractivity contribution in [2.45, 2.75) is 232 Å². The average Bonchev–Trinajstić information content (AvgIpc) is 3.22. The number of aliphatic carboxylic acids is 1. The number of esters is 2. The monoisotopic (exact) mass is 863 g/mol. The molecular weight excluding hydrogens is 767 g/mol. The van der Waals surface area contributed by atoms with Crippen LogP contribution in [-0.2, 0) is 33.3 Å². The van der Waals surface area contributed by atoms with Crippen LogP contribution in [-0.4, -0.2) is 87.4 Å². The number of likely N-dealkylation sites (N-methyl/N-ethyl adjacent to an activating group) is 1. The number of carbonyl (C=O) groups excluding carboxylic acids is 2. The van der Waals surface area contributed by atoms with Gasteiger partial charge in [-0.1, -0.05) is 172 Å². The number of rotatable bonds is 46. The van der Waals surface area contributed by atoms with Crippen LogP contribution in [0.4, 0.5) is 0 Å². The van der Waals surface area contributed by atoms with Crippen LogP contribution in [0.2, 0.25) is 0 Å². The highest BCUT2D eigenvalue weighted by molar-refractivity contribution is 5.71. The van der Waals surface area contributed by atoms with Crippen molar-refractivity contribution in [3.63, 3.8) is 0 Å². The van der Waals surface area contributed by atoms with Gasteiger partial charge < -0.3 is 28.5 Å². The van der Waals surface area contributed by atoms with Gasteiger partial charge in [0.05, 0.1) is 34.4 Å². The molecule has 0 aromatic rings. The summed E-state index contributed by atoms with van der Waals surface area (Å²) in [6, 6.07) is 0. The lowest BCUT2D eigenvalue weighted by molar-refractivity contribution is -0.870. The van der Waals surface area contributed by atoms with Gasteiger partial charge in [0, 0.05) is 12.8 Å². The molecule has 9 heteroatoms. The van der Waals surface area contributed by atoms with Crippen LogP contribution in [0.25, 0.3) is 0 Å². The third-order valence-electron chi connectivity index (χ3n) is 10.9. The number of carboxylic acid groups (broad SMARTS) is 1. The minimum absolute atomic E-state index is 0.185. The summed E-state index contributed by atoms with van der Waals surface area (Å²) in [6.07, 6.45) is 47.7. The van der Waals surface area contributed by atoms with Gasteiger partial charge in [0.1, 0.15) is 13.2 Å². The maximum absolute atomic E-state index is 12.8. The Labute approximate surface area is 375 Å². The summed E-state index contributed by atoms with van der Waals surface area (Å²) < 4.78 is 22.8. The fourth-order valence-electron chi connectivity index (χ4n) is 6.92. The lowest BCUT2D eigenvalue weighted by atomic mass is 10.1. The number of carbonyl (C=O) groups is 3. The van der Waals surface area contributed by atoms with Gasteiger partial charge in [-0.2, -0.15) is 0 Å². The van der Waals surface area contributed by atoms with Gasteiger partial charge in [-0.15, -0.1) is 0 Å². The molecule has 0 aliphatic carbocycles. The number of hydrogen-bond donors (Lipinski definition) is 1. The second-order valence-electron chi connectivity index (χ2n) is 18.1. The molecule has 9 nitrogen and oxygen atoms in total. The number of nitrogens with zero attached hydrogens (tertiary/aromatic N) is 1. The molecule has 0 fully saturated rings. The van der Waals surface area contributed by atoms with Gasteiger partial charge in [0.15, 0.2) is 6.10 Å². The van der Waals surface area contributed by atoms with Gasteiger partial charge in [-0.05, 0) is 70.6 Å². The smallest absolute Gasteiger partial charge is 0.361 e. The molecule has 356 valence electrons. The van der Waals surface area contributed by atoms with Crippen molar-refractivity contribution in [2.24, 2.45) is 0 Å². The zero-order chi connectivity index (χ0) is 44.9. The first-order valence-corrected chi connectivity index (χ1v) is 25.2. The predicted octanol–water partition coefficient (Wildman–Crippen LogP) is 13.8. The molecule has 0 aromatic carbocycles. The standard InChI is InChI=1S/C52H95NO8/c1-6-8-10-12-14-16-18-20-22-24-26-28-30-32-34-36-38-40-42-49(54)59-46-48(47-60-52(51(56)57)58-45-44-53(3,4)5)61-50(55)43-41-39-37-35-33-31-29-27-25-23-21-19-17-15-13-11-9-7-2/h17,19,22-25,48,52H,6-16,18,20-21,26-47H2,1-5H3/p+1/b19-17-,24-22-,25-23-. The number of hydrogen-bond acceptors (Lipinski definition) is 7. The van der Waals surface area contributed by atoms with E-state index in [0.29, 0.717) is 23.9 Å². The van der Waals surface area contributed by atoms with Gasteiger partial charge in [0.25, 0.3) is 6.29 Å². The molecule has 2 atom stereocenters. The summed E-state index contributed by atoms with van der Waals surface area (Å²) in [4.78, 5) is 37.2. The van der Waals surface area contributed by atoms with Gasteiger partial charge in [-0.3, -0.25) is 9.59 Å². The molecule has 0 radical (unpaired) electrons. The molecule has 0 saturated heterocycles. The van der Waals surface area contributed by atoms with Crippen molar-refractivity contribution in [1.82, 2.24) is 0 Å². The maximum atomic E-state index is 12.8. The molecule has 1 N–H and O–H groups in total. The largest absolute Gasteiger partial charge is 0.477 e. The average molecular weight is 863 g/mol. The maximum Gasteiger partial charge on any atom is 0.361 e. The summed E-state index contributed by atoms with van der Waals surface area (Å²) in [7, 11) is 5.96.